The highest BCUT2D eigenvalue weighted by atomic mass is 16.4. The Kier molecular flexibility index (Phi) is 2.37. The Bertz CT molecular complexity index is 637. The third-order valence-electron chi connectivity index (χ3n) is 3.26. The van der Waals surface area contributed by atoms with Gasteiger partial charge in [-0.1, -0.05) is 24.3 Å². The smallest absolute Gasteiger partial charge is 0.354 e. The van der Waals surface area contributed by atoms with Crippen molar-refractivity contribution in [1.82, 2.24) is 9.97 Å². The SMILES string of the molecule is Cc1cc(C(=O)O)nc(C2Cc3ccccc32)n1. The van der Waals surface area contributed by atoms with Gasteiger partial charge in [0.1, 0.15) is 5.82 Å². The van der Waals surface area contributed by atoms with Gasteiger partial charge in [-0.2, -0.15) is 0 Å². The number of aromatic carboxylic acids is 1. The highest BCUT2D eigenvalue weighted by Crippen LogP contribution is 2.38. The van der Waals surface area contributed by atoms with Crippen molar-refractivity contribution < 1.29 is 9.90 Å². The quantitative estimate of drug-likeness (QED) is 0.873. The lowest BCUT2D eigenvalue weighted by Crippen LogP contribution is -2.21. The second-order valence-electron chi connectivity index (χ2n) is 4.51. The average molecular weight is 240 g/mol. The zero-order valence-corrected chi connectivity index (χ0v) is 9.92. The van der Waals surface area contributed by atoms with Gasteiger partial charge in [0.2, 0.25) is 0 Å². The molecule has 0 bridgehead atoms. The summed E-state index contributed by atoms with van der Waals surface area (Å²) in [4.78, 5) is 19.5. The van der Waals surface area contributed by atoms with Gasteiger partial charge in [0, 0.05) is 11.6 Å². The fourth-order valence-corrected chi connectivity index (χ4v) is 2.35. The van der Waals surface area contributed by atoms with E-state index < -0.39 is 5.97 Å². The Labute approximate surface area is 104 Å². The summed E-state index contributed by atoms with van der Waals surface area (Å²) in [7, 11) is 0. The Morgan fingerprint density at radius 1 is 1.33 bits per heavy atom. The maximum absolute atomic E-state index is 11.0. The molecule has 1 aliphatic carbocycles. The molecule has 2 aromatic rings. The Morgan fingerprint density at radius 3 is 2.83 bits per heavy atom. The summed E-state index contributed by atoms with van der Waals surface area (Å²) in [5.74, 6) is -0.250. The van der Waals surface area contributed by atoms with E-state index in [0.29, 0.717) is 11.5 Å². The van der Waals surface area contributed by atoms with E-state index in [1.54, 1.807) is 6.92 Å². The van der Waals surface area contributed by atoms with Gasteiger partial charge in [-0.05, 0) is 30.5 Å². The molecule has 0 fully saturated rings. The minimum absolute atomic E-state index is 0.0712. The number of carboxylic acid groups (broad SMARTS) is 1. The molecule has 0 aliphatic heterocycles. The van der Waals surface area contributed by atoms with Gasteiger partial charge in [-0.25, -0.2) is 14.8 Å². The van der Waals surface area contributed by atoms with Crippen LogP contribution in [0.15, 0.2) is 30.3 Å². The molecule has 0 radical (unpaired) electrons. The molecule has 1 unspecified atom stereocenters. The van der Waals surface area contributed by atoms with Crippen LogP contribution in [0.25, 0.3) is 0 Å². The van der Waals surface area contributed by atoms with Crippen molar-refractivity contribution in [2.45, 2.75) is 19.3 Å². The summed E-state index contributed by atoms with van der Waals surface area (Å²) in [5.41, 5.74) is 3.27. The van der Waals surface area contributed by atoms with Crippen molar-refractivity contribution >= 4 is 5.97 Å². The highest BCUT2D eigenvalue weighted by molar-refractivity contribution is 5.85. The van der Waals surface area contributed by atoms with E-state index in [9.17, 15) is 4.79 Å². The zero-order chi connectivity index (χ0) is 12.7. The first-order valence-electron chi connectivity index (χ1n) is 5.82. The first-order valence-corrected chi connectivity index (χ1v) is 5.82. The molecule has 1 atom stereocenters. The van der Waals surface area contributed by atoms with Crippen LogP contribution in [0.2, 0.25) is 0 Å². The second kappa shape index (κ2) is 3.91. The van der Waals surface area contributed by atoms with Crippen LogP contribution in [0, 0.1) is 6.92 Å². The molecule has 90 valence electrons. The normalized spacial score (nSPS) is 16.8. The van der Waals surface area contributed by atoms with Crippen LogP contribution in [-0.4, -0.2) is 21.0 Å². The van der Waals surface area contributed by atoms with Crippen LogP contribution in [0.5, 0.6) is 0 Å². The fourth-order valence-electron chi connectivity index (χ4n) is 2.35. The van der Waals surface area contributed by atoms with Gasteiger partial charge < -0.3 is 5.11 Å². The van der Waals surface area contributed by atoms with Gasteiger partial charge in [-0.3, -0.25) is 0 Å². The molecule has 18 heavy (non-hydrogen) atoms. The summed E-state index contributed by atoms with van der Waals surface area (Å²) in [5, 5.41) is 9.01. The van der Waals surface area contributed by atoms with Gasteiger partial charge in [0.05, 0.1) is 0 Å². The van der Waals surface area contributed by atoms with E-state index in [1.807, 2.05) is 12.1 Å². The van der Waals surface area contributed by atoms with E-state index in [0.717, 1.165) is 6.42 Å². The Hall–Kier alpha value is -2.23. The van der Waals surface area contributed by atoms with Crippen LogP contribution in [-0.2, 0) is 6.42 Å². The maximum atomic E-state index is 11.0. The Balaban J connectivity index is 2.02. The number of hydrogen-bond acceptors (Lipinski definition) is 3. The first kappa shape index (κ1) is 10.9. The first-order chi connectivity index (χ1) is 8.65. The zero-order valence-electron chi connectivity index (χ0n) is 9.92. The third-order valence-corrected chi connectivity index (χ3v) is 3.26. The number of hydrogen-bond donors (Lipinski definition) is 1. The van der Waals surface area contributed by atoms with E-state index in [2.05, 4.69) is 22.1 Å². The number of nitrogens with zero attached hydrogens (tertiary/aromatic N) is 2. The van der Waals surface area contributed by atoms with E-state index in [4.69, 9.17) is 5.11 Å². The largest absolute Gasteiger partial charge is 0.477 e. The maximum Gasteiger partial charge on any atom is 0.354 e. The molecule has 1 heterocycles. The monoisotopic (exact) mass is 240 g/mol. The standard InChI is InChI=1S/C14H12N2O2/c1-8-6-12(14(17)18)16-13(15-8)11-7-9-4-2-3-5-10(9)11/h2-6,11H,7H2,1H3,(H,17,18). The molecule has 1 aromatic carbocycles. The van der Waals surface area contributed by atoms with Crippen LogP contribution < -0.4 is 0 Å². The lowest BCUT2D eigenvalue weighted by molar-refractivity contribution is 0.0689. The Morgan fingerprint density at radius 2 is 2.11 bits per heavy atom. The van der Waals surface area contributed by atoms with Crippen molar-refractivity contribution in [2.75, 3.05) is 0 Å². The van der Waals surface area contributed by atoms with Gasteiger partial charge >= 0.3 is 5.97 Å². The molecular formula is C14H12N2O2. The number of aryl methyl sites for hydroxylation is 1. The van der Waals surface area contributed by atoms with Crippen molar-refractivity contribution in [3.8, 4) is 0 Å². The van der Waals surface area contributed by atoms with Crippen molar-refractivity contribution in [2.24, 2.45) is 0 Å². The summed E-state index contributed by atoms with van der Waals surface area (Å²) < 4.78 is 0. The summed E-state index contributed by atoms with van der Waals surface area (Å²) in [6, 6.07) is 9.62. The lowest BCUT2D eigenvalue weighted by Gasteiger charge is -2.28. The van der Waals surface area contributed by atoms with E-state index >= 15 is 0 Å². The second-order valence-corrected chi connectivity index (χ2v) is 4.51. The third kappa shape index (κ3) is 1.66. The number of carbonyl (C=O) groups is 1. The van der Waals surface area contributed by atoms with Crippen LogP contribution in [0.1, 0.15) is 39.1 Å². The van der Waals surface area contributed by atoms with Gasteiger partial charge in [0.15, 0.2) is 5.69 Å². The van der Waals surface area contributed by atoms with Crippen molar-refractivity contribution in [3.05, 3.63) is 58.7 Å². The van der Waals surface area contributed by atoms with E-state index in [1.165, 1.54) is 17.2 Å². The number of aromatic nitrogens is 2. The molecule has 1 aromatic heterocycles. The number of rotatable bonds is 2. The molecule has 4 heteroatoms. The molecule has 1 aliphatic rings. The average Bonchev–Trinajstić information content (AvgIpc) is 2.30. The molecule has 0 saturated carbocycles. The minimum atomic E-state index is -1.01. The summed E-state index contributed by atoms with van der Waals surface area (Å²) in [6.07, 6.45) is 0.888. The lowest BCUT2D eigenvalue weighted by atomic mass is 9.77. The fraction of sp³-hybridized carbons (Fsp3) is 0.214. The molecule has 3 rings (SSSR count). The molecule has 1 N–H and O–H groups in total. The number of carboxylic acids is 1. The number of benzene rings is 1. The van der Waals surface area contributed by atoms with Crippen LogP contribution in [0.3, 0.4) is 0 Å². The van der Waals surface area contributed by atoms with Crippen LogP contribution >= 0.6 is 0 Å². The molecular weight excluding hydrogens is 228 g/mol. The molecule has 0 spiro atoms. The van der Waals surface area contributed by atoms with Gasteiger partial charge in [-0.15, -0.1) is 0 Å². The predicted molar refractivity (Wildman–Crippen MR) is 65.7 cm³/mol. The van der Waals surface area contributed by atoms with Gasteiger partial charge in [0.25, 0.3) is 0 Å². The van der Waals surface area contributed by atoms with Crippen molar-refractivity contribution in [3.63, 3.8) is 0 Å². The highest BCUT2D eigenvalue weighted by Gasteiger charge is 2.29. The minimum Gasteiger partial charge on any atom is -0.477 e. The molecule has 0 saturated heterocycles. The summed E-state index contributed by atoms with van der Waals surface area (Å²) >= 11 is 0. The predicted octanol–water partition coefficient (Wildman–Crippen LogP) is 2.17. The summed E-state index contributed by atoms with van der Waals surface area (Å²) in [6.45, 7) is 1.79. The van der Waals surface area contributed by atoms with Crippen LogP contribution in [0.4, 0.5) is 0 Å². The molecule has 0 amide bonds. The molecule has 4 nitrogen and oxygen atoms in total. The van der Waals surface area contributed by atoms with Crippen molar-refractivity contribution in [1.29, 1.82) is 0 Å². The van der Waals surface area contributed by atoms with E-state index in [-0.39, 0.29) is 11.6 Å². The topological polar surface area (TPSA) is 63.1 Å². The number of fused-ring (bicyclic) bond motifs is 1.